The van der Waals surface area contributed by atoms with Gasteiger partial charge in [0.15, 0.2) is 0 Å². The van der Waals surface area contributed by atoms with E-state index in [9.17, 15) is 9.59 Å². The Kier molecular flexibility index (Phi) is 6.11. The molecule has 5 rings (SSSR count). The zero-order chi connectivity index (χ0) is 22.8. The Hall–Kier alpha value is -3.22. The lowest BCUT2D eigenvalue weighted by atomic mass is 9.96. The third kappa shape index (κ3) is 4.49. The number of halogens is 1. The van der Waals surface area contributed by atoms with E-state index >= 15 is 0 Å². The van der Waals surface area contributed by atoms with Crippen molar-refractivity contribution in [1.82, 2.24) is 4.90 Å². The summed E-state index contributed by atoms with van der Waals surface area (Å²) < 4.78 is 6.27. The topological polar surface area (TPSA) is 55.0 Å². The first kappa shape index (κ1) is 21.6. The second-order valence-electron chi connectivity index (χ2n) is 8.33. The maximum Gasteiger partial charge on any atom is 0.349 e. The molecule has 33 heavy (non-hydrogen) atoms. The number of hydrogen-bond acceptors (Lipinski definition) is 3. The van der Waals surface area contributed by atoms with E-state index in [1.165, 1.54) is 16.0 Å². The quantitative estimate of drug-likeness (QED) is 0.432. The fraction of sp³-hybridized carbons (Fsp3) is 0.185. The second-order valence-corrected chi connectivity index (χ2v) is 9.25. The summed E-state index contributed by atoms with van der Waals surface area (Å²) in [4.78, 5) is 28.9. The molecule has 0 atom stereocenters. The first-order chi connectivity index (χ1) is 16.1. The Bertz CT molecular complexity index is 1290. The average molecular weight is 504 g/mol. The molecule has 1 saturated heterocycles. The molecule has 1 aromatic heterocycles. The monoisotopic (exact) mass is 503 g/mol. The highest BCUT2D eigenvalue weighted by Gasteiger charge is 2.32. The van der Waals surface area contributed by atoms with Crippen molar-refractivity contribution in [3.05, 3.63) is 117 Å². The van der Waals surface area contributed by atoms with Crippen molar-refractivity contribution < 1.29 is 14.1 Å². The van der Waals surface area contributed by atoms with Crippen molar-refractivity contribution in [3.63, 3.8) is 0 Å². The molecule has 1 N–H and O–H groups in total. The molecule has 4 aromatic rings. The molecule has 166 valence electrons. The van der Waals surface area contributed by atoms with Crippen molar-refractivity contribution >= 4 is 32.8 Å². The molecule has 0 bridgehead atoms. The van der Waals surface area contributed by atoms with E-state index in [0.29, 0.717) is 18.7 Å². The van der Waals surface area contributed by atoms with Gasteiger partial charge in [-0.1, -0.05) is 76.6 Å². The first-order valence-electron chi connectivity index (χ1n) is 11.1. The van der Waals surface area contributed by atoms with E-state index < -0.39 is 5.63 Å². The van der Waals surface area contributed by atoms with Crippen LogP contribution in [0.1, 0.15) is 27.5 Å². The van der Waals surface area contributed by atoms with Crippen LogP contribution in [0.25, 0.3) is 11.0 Å². The Balaban J connectivity index is 1.37. The van der Waals surface area contributed by atoms with Crippen LogP contribution < -0.4 is 10.5 Å². The van der Waals surface area contributed by atoms with Crippen LogP contribution in [0, 0.1) is 0 Å². The van der Waals surface area contributed by atoms with Crippen LogP contribution in [0.4, 0.5) is 0 Å². The van der Waals surface area contributed by atoms with E-state index in [1.807, 2.05) is 24.3 Å². The summed E-state index contributed by atoms with van der Waals surface area (Å²) in [6.07, 6.45) is 0. The van der Waals surface area contributed by atoms with E-state index in [1.54, 1.807) is 17.0 Å². The lowest BCUT2D eigenvalue weighted by Crippen LogP contribution is -3.15. The number of amides is 1. The van der Waals surface area contributed by atoms with Gasteiger partial charge in [0.05, 0.1) is 26.2 Å². The summed E-state index contributed by atoms with van der Waals surface area (Å²) in [6.45, 7) is 2.76. The average Bonchev–Trinajstić information content (AvgIpc) is 2.85. The third-order valence-electron chi connectivity index (χ3n) is 6.29. The molecule has 0 aliphatic carbocycles. The van der Waals surface area contributed by atoms with E-state index in [-0.39, 0.29) is 17.5 Å². The Morgan fingerprint density at radius 1 is 0.879 bits per heavy atom. The minimum absolute atomic E-state index is 0.0896. The van der Waals surface area contributed by atoms with Crippen LogP contribution in [0.15, 0.2) is 98.6 Å². The summed E-state index contributed by atoms with van der Waals surface area (Å²) in [5.74, 6) is -0.263. The van der Waals surface area contributed by atoms with Gasteiger partial charge < -0.3 is 14.2 Å². The number of carbonyl (C=O) groups is 1. The van der Waals surface area contributed by atoms with Gasteiger partial charge in [0, 0.05) is 21.0 Å². The van der Waals surface area contributed by atoms with E-state index in [2.05, 4.69) is 64.5 Å². The predicted octanol–water partition coefficient (Wildman–Crippen LogP) is 3.69. The van der Waals surface area contributed by atoms with Crippen LogP contribution in [0.5, 0.6) is 0 Å². The number of carbonyl (C=O) groups excluding carboxylic acids is 1. The minimum atomic E-state index is -0.587. The Morgan fingerprint density at radius 2 is 1.48 bits per heavy atom. The molecule has 0 radical (unpaired) electrons. The lowest BCUT2D eigenvalue weighted by molar-refractivity contribution is -0.929. The summed E-state index contributed by atoms with van der Waals surface area (Å²) in [5.41, 5.74) is 2.50. The number of hydrogen-bond donors (Lipinski definition) is 1. The summed E-state index contributed by atoms with van der Waals surface area (Å²) in [7, 11) is 0. The fourth-order valence-electron chi connectivity index (χ4n) is 4.65. The number of piperazine rings is 1. The fourth-order valence-corrected chi connectivity index (χ4v) is 5.03. The van der Waals surface area contributed by atoms with Crippen LogP contribution in [-0.2, 0) is 0 Å². The molecule has 0 saturated carbocycles. The van der Waals surface area contributed by atoms with Crippen LogP contribution >= 0.6 is 15.9 Å². The SMILES string of the molecule is O=C(c1cc2cc(Br)ccc2oc1=O)N1CC[NH+](C(c2ccccc2)c2ccccc2)CC1. The Labute approximate surface area is 200 Å². The van der Waals surface area contributed by atoms with Gasteiger partial charge in [-0.3, -0.25) is 4.79 Å². The molecular formula is C27H24BrN2O3+. The van der Waals surface area contributed by atoms with Gasteiger partial charge in [-0.2, -0.15) is 0 Å². The summed E-state index contributed by atoms with van der Waals surface area (Å²) in [6, 6.07) is 28.3. The van der Waals surface area contributed by atoms with Crippen LogP contribution in [-0.4, -0.2) is 37.0 Å². The van der Waals surface area contributed by atoms with Crippen molar-refractivity contribution in [1.29, 1.82) is 0 Å². The third-order valence-corrected chi connectivity index (χ3v) is 6.78. The van der Waals surface area contributed by atoms with Gasteiger partial charge in [-0.05, 0) is 24.3 Å². The van der Waals surface area contributed by atoms with Gasteiger partial charge in [-0.15, -0.1) is 0 Å². The van der Waals surface area contributed by atoms with Crippen molar-refractivity contribution in [3.8, 4) is 0 Å². The van der Waals surface area contributed by atoms with Gasteiger partial charge in [0.25, 0.3) is 5.91 Å². The molecule has 5 nitrogen and oxygen atoms in total. The van der Waals surface area contributed by atoms with Crippen LogP contribution in [0.2, 0.25) is 0 Å². The van der Waals surface area contributed by atoms with Gasteiger partial charge in [0.2, 0.25) is 0 Å². The number of rotatable bonds is 4. The highest BCUT2D eigenvalue weighted by atomic mass is 79.9. The minimum Gasteiger partial charge on any atom is -0.422 e. The molecule has 1 aliphatic heterocycles. The molecule has 1 fully saturated rings. The van der Waals surface area contributed by atoms with Gasteiger partial charge in [-0.25, -0.2) is 4.79 Å². The number of quaternary nitrogens is 1. The van der Waals surface area contributed by atoms with Gasteiger partial charge >= 0.3 is 5.63 Å². The molecular weight excluding hydrogens is 480 g/mol. The van der Waals surface area contributed by atoms with Crippen LogP contribution in [0.3, 0.4) is 0 Å². The number of nitrogens with one attached hydrogen (secondary N) is 1. The van der Waals surface area contributed by atoms with E-state index in [0.717, 1.165) is 22.9 Å². The highest BCUT2D eigenvalue weighted by molar-refractivity contribution is 9.10. The van der Waals surface area contributed by atoms with Crippen molar-refractivity contribution in [2.24, 2.45) is 0 Å². The standard InChI is InChI=1S/C27H23BrN2O3/c28-22-11-12-24-21(17-22)18-23(27(32)33-24)26(31)30-15-13-29(14-16-30)25(19-7-3-1-4-8-19)20-9-5-2-6-10-20/h1-12,17-18,25H,13-16H2/p+1. The van der Waals surface area contributed by atoms with E-state index in [4.69, 9.17) is 4.42 Å². The molecule has 0 spiro atoms. The largest absolute Gasteiger partial charge is 0.422 e. The molecule has 6 heteroatoms. The smallest absolute Gasteiger partial charge is 0.349 e. The molecule has 0 unspecified atom stereocenters. The number of fused-ring (bicyclic) bond motifs is 1. The molecule has 1 aliphatic rings. The maximum atomic E-state index is 13.2. The molecule has 1 amide bonds. The highest BCUT2D eigenvalue weighted by Crippen LogP contribution is 2.21. The van der Waals surface area contributed by atoms with Crippen molar-refractivity contribution in [2.45, 2.75) is 6.04 Å². The molecule has 3 aromatic carbocycles. The first-order valence-corrected chi connectivity index (χ1v) is 11.9. The maximum absolute atomic E-state index is 13.2. The zero-order valence-electron chi connectivity index (χ0n) is 18.0. The van der Waals surface area contributed by atoms with Gasteiger partial charge in [0.1, 0.15) is 17.2 Å². The second kappa shape index (κ2) is 9.33. The predicted molar refractivity (Wildman–Crippen MR) is 132 cm³/mol. The number of nitrogens with zero attached hydrogens (tertiary/aromatic N) is 1. The normalized spacial score (nSPS) is 14.7. The van der Waals surface area contributed by atoms with Crippen molar-refractivity contribution in [2.75, 3.05) is 26.2 Å². The summed E-state index contributed by atoms with van der Waals surface area (Å²) in [5, 5.41) is 0.727. The number of benzene rings is 3. The molecule has 2 heterocycles. The lowest BCUT2D eigenvalue weighted by Gasteiger charge is -2.37. The Morgan fingerprint density at radius 3 is 2.09 bits per heavy atom. The summed E-state index contributed by atoms with van der Waals surface area (Å²) >= 11 is 3.43. The zero-order valence-corrected chi connectivity index (χ0v) is 19.6.